The Kier molecular flexibility index (Phi) is 5.38. The SMILES string of the molecule is CCNC(Cc1ncccc1C)C1CCC(C)CC1. The van der Waals surface area contributed by atoms with Crippen molar-refractivity contribution in [3.63, 3.8) is 0 Å². The molecule has 1 aliphatic rings. The van der Waals surface area contributed by atoms with E-state index in [0.717, 1.165) is 24.8 Å². The Morgan fingerprint density at radius 2 is 2.05 bits per heavy atom. The summed E-state index contributed by atoms with van der Waals surface area (Å²) in [6.45, 7) is 7.84. The molecule has 1 aliphatic carbocycles. The van der Waals surface area contributed by atoms with Gasteiger partial charge in [-0.1, -0.05) is 32.8 Å². The average Bonchev–Trinajstić information content (AvgIpc) is 2.42. The topological polar surface area (TPSA) is 24.9 Å². The fourth-order valence-corrected chi connectivity index (χ4v) is 3.30. The summed E-state index contributed by atoms with van der Waals surface area (Å²) in [5.74, 6) is 1.76. The molecular formula is C17H28N2. The van der Waals surface area contributed by atoms with E-state index in [0.29, 0.717) is 6.04 Å². The predicted molar refractivity (Wildman–Crippen MR) is 81.3 cm³/mol. The monoisotopic (exact) mass is 260 g/mol. The molecule has 0 aromatic carbocycles. The number of rotatable bonds is 5. The van der Waals surface area contributed by atoms with Crippen molar-refractivity contribution in [2.45, 2.75) is 58.9 Å². The molecule has 19 heavy (non-hydrogen) atoms. The lowest BCUT2D eigenvalue weighted by atomic mass is 9.78. The number of likely N-dealkylation sites (N-methyl/N-ethyl adjacent to an activating group) is 1. The maximum Gasteiger partial charge on any atom is 0.0448 e. The van der Waals surface area contributed by atoms with E-state index < -0.39 is 0 Å². The first-order valence-electron chi connectivity index (χ1n) is 7.84. The van der Waals surface area contributed by atoms with Gasteiger partial charge in [0, 0.05) is 24.4 Å². The van der Waals surface area contributed by atoms with Crippen LogP contribution in [0.15, 0.2) is 18.3 Å². The van der Waals surface area contributed by atoms with E-state index in [2.05, 4.69) is 37.1 Å². The molecular weight excluding hydrogens is 232 g/mol. The summed E-state index contributed by atoms with van der Waals surface area (Å²) in [6.07, 6.45) is 8.56. The van der Waals surface area contributed by atoms with Gasteiger partial charge in [-0.2, -0.15) is 0 Å². The fraction of sp³-hybridized carbons (Fsp3) is 0.706. The van der Waals surface area contributed by atoms with Crippen LogP contribution in [-0.4, -0.2) is 17.6 Å². The lowest BCUT2D eigenvalue weighted by molar-refractivity contribution is 0.229. The van der Waals surface area contributed by atoms with Crippen LogP contribution in [0.5, 0.6) is 0 Å². The second-order valence-corrected chi connectivity index (χ2v) is 6.16. The molecule has 0 saturated heterocycles. The predicted octanol–water partition coefficient (Wildman–Crippen LogP) is 3.74. The molecule has 1 unspecified atom stereocenters. The van der Waals surface area contributed by atoms with Crippen LogP contribution in [0.1, 0.15) is 50.8 Å². The number of aromatic nitrogens is 1. The van der Waals surface area contributed by atoms with E-state index in [1.165, 1.54) is 36.9 Å². The third kappa shape index (κ3) is 4.04. The number of aryl methyl sites for hydroxylation is 1. The summed E-state index contributed by atoms with van der Waals surface area (Å²) in [7, 11) is 0. The molecule has 2 rings (SSSR count). The lowest BCUT2D eigenvalue weighted by Gasteiger charge is -2.33. The van der Waals surface area contributed by atoms with Crippen molar-refractivity contribution < 1.29 is 0 Å². The third-order valence-electron chi connectivity index (χ3n) is 4.63. The van der Waals surface area contributed by atoms with Crippen LogP contribution in [-0.2, 0) is 6.42 Å². The zero-order valence-electron chi connectivity index (χ0n) is 12.7. The van der Waals surface area contributed by atoms with E-state index in [-0.39, 0.29) is 0 Å². The van der Waals surface area contributed by atoms with Gasteiger partial charge in [-0.3, -0.25) is 4.98 Å². The van der Waals surface area contributed by atoms with Crippen molar-refractivity contribution in [2.24, 2.45) is 11.8 Å². The Hall–Kier alpha value is -0.890. The Labute approximate surface area is 118 Å². The molecule has 0 spiro atoms. The van der Waals surface area contributed by atoms with Crippen molar-refractivity contribution in [3.8, 4) is 0 Å². The molecule has 1 atom stereocenters. The van der Waals surface area contributed by atoms with Gasteiger partial charge in [0.05, 0.1) is 0 Å². The Balaban J connectivity index is 2.02. The summed E-state index contributed by atoms with van der Waals surface area (Å²) < 4.78 is 0. The van der Waals surface area contributed by atoms with Gasteiger partial charge >= 0.3 is 0 Å². The standard InChI is InChI=1S/C17H28N2/c1-4-18-17(15-9-7-13(2)8-10-15)12-16-14(3)6-5-11-19-16/h5-6,11,13,15,17-18H,4,7-10,12H2,1-3H3. The van der Waals surface area contributed by atoms with Crippen LogP contribution < -0.4 is 5.32 Å². The molecule has 1 aromatic rings. The minimum absolute atomic E-state index is 0.603. The molecule has 1 N–H and O–H groups in total. The molecule has 0 amide bonds. The van der Waals surface area contributed by atoms with Crippen LogP contribution in [0, 0.1) is 18.8 Å². The molecule has 106 valence electrons. The maximum atomic E-state index is 4.57. The van der Waals surface area contributed by atoms with Crippen molar-refractivity contribution in [1.82, 2.24) is 10.3 Å². The van der Waals surface area contributed by atoms with Gasteiger partial charge in [-0.25, -0.2) is 0 Å². The first kappa shape index (κ1) is 14.5. The zero-order chi connectivity index (χ0) is 13.7. The quantitative estimate of drug-likeness (QED) is 0.872. The molecule has 1 heterocycles. The molecule has 2 heteroatoms. The summed E-state index contributed by atoms with van der Waals surface area (Å²) in [5.41, 5.74) is 2.60. The Morgan fingerprint density at radius 1 is 1.32 bits per heavy atom. The number of nitrogens with one attached hydrogen (secondary N) is 1. The van der Waals surface area contributed by atoms with E-state index >= 15 is 0 Å². The minimum Gasteiger partial charge on any atom is -0.314 e. The maximum absolute atomic E-state index is 4.57. The molecule has 2 nitrogen and oxygen atoms in total. The van der Waals surface area contributed by atoms with Gasteiger partial charge in [0.2, 0.25) is 0 Å². The highest BCUT2D eigenvalue weighted by Crippen LogP contribution is 2.31. The molecule has 1 aromatic heterocycles. The van der Waals surface area contributed by atoms with Crippen LogP contribution in [0.2, 0.25) is 0 Å². The first-order valence-corrected chi connectivity index (χ1v) is 7.84. The van der Waals surface area contributed by atoms with Gasteiger partial charge in [0.25, 0.3) is 0 Å². The van der Waals surface area contributed by atoms with Crippen molar-refractivity contribution >= 4 is 0 Å². The Bertz CT molecular complexity index is 381. The second-order valence-electron chi connectivity index (χ2n) is 6.16. The number of pyridine rings is 1. The molecule has 0 radical (unpaired) electrons. The second kappa shape index (κ2) is 7.04. The highest BCUT2D eigenvalue weighted by molar-refractivity contribution is 5.18. The summed E-state index contributed by atoms with van der Waals surface area (Å²) >= 11 is 0. The van der Waals surface area contributed by atoms with Crippen LogP contribution in [0.25, 0.3) is 0 Å². The average molecular weight is 260 g/mol. The number of nitrogens with zero attached hydrogens (tertiary/aromatic N) is 1. The number of hydrogen-bond acceptors (Lipinski definition) is 2. The summed E-state index contributed by atoms with van der Waals surface area (Å²) in [5, 5.41) is 3.70. The molecule has 0 bridgehead atoms. The molecule has 0 aliphatic heterocycles. The summed E-state index contributed by atoms with van der Waals surface area (Å²) in [6, 6.07) is 4.81. The van der Waals surface area contributed by atoms with Crippen LogP contribution in [0.3, 0.4) is 0 Å². The van der Waals surface area contributed by atoms with E-state index in [1.807, 2.05) is 12.3 Å². The lowest BCUT2D eigenvalue weighted by Crippen LogP contribution is -2.40. The van der Waals surface area contributed by atoms with Crippen molar-refractivity contribution in [1.29, 1.82) is 0 Å². The van der Waals surface area contributed by atoms with Crippen LogP contribution in [0.4, 0.5) is 0 Å². The highest BCUT2D eigenvalue weighted by Gasteiger charge is 2.26. The summed E-state index contributed by atoms with van der Waals surface area (Å²) in [4.78, 5) is 4.57. The van der Waals surface area contributed by atoms with Gasteiger partial charge in [0.15, 0.2) is 0 Å². The van der Waals surface area contributed by atoms with Gasteiger partial charge in [-0.15, -0.1) is 0 Å². The third-order valence-corrected chi connectivity index (χ3v) is 4.63. The molecule has 1 fully saturated rings. The zero-order valence-corrected chi connectivity index (χ0v) is 12.7. The first-order chi connectivity index (χ1) is 9.20. The van der Waals surface area contributed by atoms with Crippen molar-refractivity contribution in [2.75, 3.05) is 6.54 Å². The van der Waals surface area contributed by atoms with Gasteiger partial charge in [-0.05, 0) is 49.8 Å². The Morgan fingerprint density at radius 3 is 2.68 bits per heavy atom. The number of hydrogen-bond donors (Lipinski definition) is 1. The van der Waals surface area contributed by atoms with Gasteiger partial charge in [0.1, 0.15) is 0 Å². The van der Waals surface area contributed by atoms with E-state index in [1.54, 1.807) is 0 Å². The van der Waals surface area contributed by atoms with Gasteiger partial charge < -0.3 is 5.32 Å². The molecule has 1 saturated carbocycles. The minimum atomic E-state index is 0.603. The largest absolute Gasteiger partial charge is 0.314 e. The van der Waals surface area contributed by atoms with Crippen LogP contribution >= 0.6 is 0 Å². The van der Waals surface area contributed by atoms with E-state index in [9.17, 15) is 0 Å². The van der Waals surface area contributed by atoms with Crippen molar-refractivity contribution in [3.05, 3.63) is 29.6 Å². The van der Waals surface area contributed by atoms with E-state index in [4.69, 9.17) is 0 Å². The highest BCUT2D eigenvalue weighted by atomic mass is 14.9. The smallest absolute Gasteiger partial charge is 0.0448 e. The fourth-order valence-electron chi connectivity index (χ4n) is 3.30. The normalized spacial score (nSPS) is 25.2.